The zero-order valence-electron chi connectivity index (χ0n) is 14.0. The maximum absolute atomic E-state index is 5.52. The number of hydrogen-bond donors (Lipinski definition) is 2. The van der Waals surface area contributed by atoms with E-state index in [-0.39, 0.29) is 0 Å². The largest absolute Gasteiger partial charge is 0.381 e. The summed E-state index contributed by atoms with van der Waals surface area (Å²) in [5, 5.41) is 10.2. The minimum Gasteiger partial charge on any atom is -0.381 e. The van der Waals surface area contributed by atoms with Gasteiger partial charge < -0.3 is 19.9 Å². The van der Waals surface area contributed by atoms with Crippen molar-refractivity contribution in [2.45, 2.75) is 46.5 Å². The summed E-state index contributed by atoms with van der Waals surface area (Å²) in [7, 11) is 0. The van der Waals surface area contributed by atoms with Gasteiger partial charge in [-0.15, -0.1) is 0 Å². The Kier molecular flexibility index (Phi) is 10.0. The van der Waals surface area contributed by atoms with Gasteiger partial charge in [0.15, 0.2) is 11.8 Å². The highest BCUT2D eigenvalue weighted by Gasteiger charge is 2.03. The molecule has 1 heterocycles. The standard InChI is InChI=1S/C15H29N5O2/c1-4-6-11-21-12-7-9-17-15(16-5-2)18-10-8-14-19-13(3)20-22-14/h4-12H2,1-3H3,(H2,16,17,18). The second-order valence-electron chi connectivity index (χ2n) is 4.99. The number of rotatable bonds is 11. The summed E-state index contributed by atoms with van der Waals surface area (Å²) in [5.41, 5.74) is 0. The lowest BCUT2D eigenvalue weighted by atomic mass is 10.4. The molecule has 1 aromatic heterocycles. The van der Waals surface area contributed by atoms with E-state index in [9.17, 15) is 0 Å². The minimum atomic E-state index is 0.644. The van der Waals surface area contributed by atoms with E-state index in [2.05, 4.69) is 32.7 Å². The van der Waals surface area contributed by atoms with Crippen LogP contribution in [0.25, 0.3) is 0 Å². The lowest BCUT2D eigenvalue weighted by Gasteiger charge is -2.10. The fraction of sp³-hybridized carbons (Fsp3) is 0.800. The van der Waals surface area contributed by atoms with Crippen LogP contribution in [0.1, 0.15) is 44.8 Å². The normalized spacial score (nSPS) is 11.7. The highest BCUT2D eigenvalue weighted by Crippen LogP contribution is 1.95. The Bertz CT molecular complexity index is 420. The summed E-state index contributed by atoms with van der Waals surface area (Å²) in [6.07, 6.45) is 3.92. The number of aryl methyl sites for hydroxylation is 1. The summed E-state index contributed by atoms with van der Waals surface area (Å²) >= 11 is 0. The Morgan fingerprint density at radius 3 is 2.73 bits per heavy atom. The van der Waals surface area contributed by atoms with Crippen LogP contribution in [0.4, 0.5) is 0 Å². The Hall–Kier alpha value is -1.63. The van der Waals surface area contributed by atoms with Crippen molar-refractivity contribution in [1.82, 2.24) is 20.8 Å². The lowest BCUT2D eigenvalue weighted by molar-refractivity contribution is 0.130. The Morgan fingerprint density at radius 2 is 2.05 bits per heavy atom. The predicted octanol–water partition coefficient (Wildman–Crippen LogP) is 1.68. The number of unbranched alkanes of at least 4 members (excludes halogenated alkanes) is 1. The first-order valence-electron chi connectivity index (χ1n) is 8.15. The summed E-state index contributed by atoms with van der Waals surface area (Å²) in [4.78, 5) is 8.69. The molecule has 2 N–H and O–H groups in total. The highest BCUT2D eigenvalue weighted by atomic mass is 16.5. The van der Waals surface area contributed by atoms with Gasteiger partial charge in [-0.1, -0.05) is 18.5 Å². The molecule has 0 atom stereocenters. The third kappa shape index (κ3) is 8.61. The van der Waals surface area contributed by atoms with Crippen molar-refractivity contribution < 1.29 is 9.26 Å². The molecular weight excluding hydrogens is 282 g/mol. The summed E-state index contributed by atoms with van der Waals surface area (Å²) < 4.78 is 10.6. The molecule has 0 saturated carbocycles. The molecule has 22 heavy (non-hydrogen) atoms. The molecule has 0 aliphatic heterocycles. The summed E-state index contributed by atoms with van der Waals surface area (Å²) in [6.45, 7) is 9.94. The van der Waals surface area contributed by atoms with Crippen LogP contribution in [0.15, 0.2) is 9.52 Å². The van der Waals surface area contributed by atoms with Gasteiger partial charge in [-0.05, 0) is 26.7 Å². The summed E-state index contributed by atoms with van der Waals surface area (Å²) in [6, 6.07) is 0. The second-order valence-corrected chi connectivity index (χ2v) is 4.99. The molecule has 0 unspecified atom stereocenters. The van der Waals surface area contributed by atoms with Gasteiger partial charge in [0.25, 0.3) is 0 Å². The van der Waals surface area contributed by atoms with Gasteiger partial charge in [-0.2, -0.15) is 4.98 Å². The zero-order chi connectivity index (χ0) is 16.0. The monoisotopic (exact) mass is 311 g/mol. The van der Waals surface area contributed by atoms with Crippen molar-refractivity contribution in [3.8, 4) is 0 Å². The molecule has 126 valence electrons. The number of ether oxygens (including phenoxy) is 1. The van der Waals surface area contributed by atoms with Gasteiger partial charge in [0.1, 0.15) is 0 Å². The van der Waals surface area contributed by atoms with Crippen LogP contribution in [0.3, 0.4) is 0 Å². The second kappa shape index (κ2) is 12.0. The van der Waals surface area contributed by atoms with Gasteiger partial charge in [0, 0.05) is 39.3 Å². The minimum absolute atomic E-state index is 0.644. The first-order chi connectivity index (χ1) is 10.8. The van der Waals surface area contributed by atoms with Crippen molar-refractivity contribution >= 4 is 5.96 Å². The molecule has 0 aliphatic rings. The van der Waals surface area contributed by atoms with Crippen molar-refractivity contribution in [3.05, 3.63) is 11.7 Å². The average Bonchev–Trinajstić information content (AvgIpc) is 2.92. The van der Waals surface area contributed by atoms with Gasteiger partial charge in [-0.25, -0.2) is 0 Å². The number of aliphatic imine (C=N–C) groups is 1. The van der Waals surface area contributed by atoms with E-state index in [0.717, 1.165) is 45.1 Å². The average molecular weight is 311 g/mol. The van der Waals surface area contributed by atoms with Crippen LogP contribution in [-0.4, -0.2) is 48.9 Å². The van der Waals surface area contributed by atoms with Crippen molar-refractivity contribution in [2.24, 2.45) is 4.99 Å². The van der Waals surface area contributed by atoms with E-state index < -0.39 is 0 Å². The molecule has 1 rings (SSSR count). The first-order valence-corrected chi connectivity index (χ1v) is 8.15. The highest BCUT2D eigenvalue weighted by molar-refractivity contribution is 5.79. The molecule has 0 aliphatic carbocycles. The van der Waals surface area contributed by atoms with Gasteiger partial charge >= 0.3 is 0 Å². The van der Waals surface area contributed by atoms with Crippen molar-refractivity contribution in [2.75, 3.05) is 32.8 Å². The Balaban J connectivity index is 2.18. The van der Waals surface area contributed by atoms with Gasteiger partial charge in [-0.3, -0.25) is 4.99 Å². The molecule has 1 aromatic rings. The van der Waals surface area contributed by atoms with Crippen LogP contribution in [0.5, 0.6) is 0 Å². The predicted molar refractivity (Wildman–Crippen MR) is 87.1 cm³/mol. The number of aromatic nitrogens is 2. The molecule has 0 radical (unpaired) electrons. The Labute approximate surface area is 132 Å². The van der Waals surface area contributed by atoms with E-state index in [0.29, 0.717) is 24.7 Å². The van der Waals surface area contributed by atoms with Crippen molar-refractivity contribution in [3.63, 3.8) is 0 Å². The zero-order valence-corrected chi connectivity index (χ0v) is 14.0. The first kappa shape index (κ1) is 18.4. The third-order valence-corrected chi connectivity index (χ3v) is 2.90. The molecule has 0 spiro atoms. The number of guanidine groups is 1. The van der Waals surface area contributed by atoms with E-state index in [1.807, 2.05) is 13.8 Å². The molecule has 0 fully saturated rings. The van der Waals surface area contributed by atoms with Crippen LogP contribution in [0.2, 0.25) is 0 Å². The van der Waals surface area contributed by atoms with E-state index in [1.54, 1.807) is 0 Å². The smallest absolute Gasteiger partial charge is 0.228 e. The quantitative estimate of drug-likeness (QED) is 0.367. The SMILES string of the molecule is CCCCOCCCN=C(NCC)NCCc1nc(C)no1. The van der Waals surface area contributed by atoms with E-state index >= 15 is 0 Å². The molecule has 0 amide bonds. The lowest BCUT2D eigenvalue weighted by Crippen LogP contribution is -2.38. The molecule has 0 bridgehead atoms. The maximum atomic E-state index is 5.52. The van der Waals surface area contributed by atoms with Gasteiger partial charge in [0.05, 0.1) is 0 Å². The van der Waals surface area contributed by atoms with Crippen LogP contribution in [0, 0.1) is 6.92 Å². The number of nitrogens with one attached hydrogen (secondary N) is 2. The van der Waals surface area contributed by atoms with Crippen molar-refractivity contribution in [1.29, 1.82) is 0 Å². The number of nitrogens with zero attached hydrogens (tertiary/aromatic N) is 3. The third-order valence-electron chi connectivity index (χ3n) is 2.90. The maximum Gasteiger partial charge on any atom is 0.228 e. The van der Waals surface area contributed by atoms with Crippen LogP contribution in [-0.2, 0) is 11.2 Å². The Morgan fingerprint density at radius 1 is 1.23 bits per heavy atom. The molecule has 0 saturated heterocycles. The van der Waals surface area contributed by atoms with E-state index in [1.165, 1.54) is 6.42 Å². The van der Waals surface area contributed by atoms with Gasteiger partial charge in [0.2, 0.25) is 5.89 Å². The van der Waals surface area contributed by atoms with Crippen LogP contribution >= 0.6 is 0 Å². The topological polar surface area (TPSA) is 84.6 Å². The fourth-order valence-electron chi connectivity index (χ4n) is 1.78. The van der Waals surface area contributed by atoms with E-state index in [4.69, 9.17) is 9.26 Å². The molecular formula is C15H29N5O2. The molecule has 0 aromatic carbocycles. The molecule has 7 heteroatoms. The number of hydrogen-bond acceptors (Lipinski definition) is 5. The summed E-state index contributed by atoms with van der Waals surface area (Å²) in [5.74, 6) is 2.12. The van der Waals surface area contributed by atoms with Crippen LogP contribution < -0.4 is 10.6 Å². The fourth-order valence-corrected chi connectivity index (χ4v) is 1.78. The molecule has 7 nitrogen and oxygen atoms in total.